The Hall–Kier alpha value is -2.85. The van der Waals surface area contributed by atoms with Crippen molar-refractivity contribution in [2.45, 2.75) is 13.3 Å². The Bertz CT molecular complexity index is 961. The standard InChI is InChI=1S/C21H17ClN2O2/c1-14-19(21(25)24(23-14)17-5-3-2-4-6-17)13-18-11-12-20(26-18)15-7-9-16(22)10-8-15/h2-12,19H,13H2,1H3. The van der Waals surface area contributed by atoms with Gasteiger partial charge < -0.3 is 4.42 Å². The van der Waals surface area contributed by atoms with Gasteiger partial charge in [0, 0.05) is 22.7 Å². The van der Waals surface area contributed by atoms with Gasteiger partial charge in [-0.15, -0.1) is 0 Å². The average molecular weight is 365 g/mol. The van der Waals surface area contributed by atoms with Crippen LogP contribution in [0.3, 0.4) is 0 Å². The van der Waals surface area contributed by atoms with E-state index in [1.54, 1.807) is 0 Å². The zero-order valence-electron chi connectivity index (χ0n) is 14.2. The summed E-state index contributed by atoms with van der Waals surface area (Å²) in [6.45, 7) is 1.88. The van der Waals surface area contributed by atoms with Crippen LogP contribution in [0.1, 0.15) is 12.7 Å². The fourth-order valence-corrected chi connectivity index (χ4v) is 3.18. The van der Waals surface area contributed by atoms with E-state index in [1.165, 1.54) is 5.01 Å². The van der Waals surface area contributed by atoms with E-state index in [-0.39, 0.29) is 11.8 Å². The van der Waals surface area contributed by atoms with E-state index < -0.39 is 0 Å². The molecule has 5 heteroatoms. The summed E-state index contributed by atoms with van der Waals surface area (Å²) in [5, 5.41) is 6.60. The molecular formula is C21H17ClN2O2. The van der Waals surface area contributed by atoms with Crippen molar-refractivity contribution >= 4 is 28.9 Å². The van der Waals surface area contributed by atoms with Crippen LogP contribution in [-0.4, -0.2) is 11.6 Å². The largest absolute Gasteiger partial charge is 0.461 e. The second kappa shape index (κ2) is 6.81. The molecule has 1 unspecified atom stereocenters. The van der Waals surface area contributed by atoms with Crippen molar-refractivity contribution in [3.63, 3.8) is 0 Å². The molecule has 0 spiro atoms. The predicted octanol–water partition coefficient (Wildman–Crippen LogP) is 5.18. The Balaban J connectivity index is 1.52. The summed E-state index contributed by atoms with van der Waals surface area (Å²) < 4.78 is 5.94. The molecule has 4 rings (SSSR count). The maximum absolute atomic E-state index is 12.8. The van der Waals surface area contributed by atoms with Gasteiger partial charge in [-0.05, 0) is 55.5 Å². The van der Waals surface area contributed by atoms with E-state index in [0.29, 0.717) is 11.4 Å². The van der Waals surface area contributed by atoms with E-state index >= 15 is 0 Å². The van der Waals surface area contributed by atoms with Crippen molar-refractivity contribution in [3.8, 4) is 11.3 Å². The Morgan fingerprint density at radius 2 is 1.77 bits per heavy atom. The summed E-state index contributed by atoms with van der Waals surface area (Å²) in [6, 6.07) is 20.8. The Morgan fingerprint density at radius 1 is 1.04 bits per heavy atom. The lowest BCUT2D eigenvalue weighted by Crippen LogP contribution is -2.28. The molecule has 0 N–H and O–H groups in total. The number of amides is 1. The van der Waals surface area contributed by atoms with Gasteiger partial charge in [-0.1, -0.05) is 29.8 Å². The van der Waals surface area contributed by atoms with E-state index in [9.17, 15) is 4.79 Å². The number of furan rings is 1. The second-order valence-corrected chi connectivity index (χ2v) is 6.69. The number of hydrogen-bond donors (Lipinski definition) is 0. The zero-order chi connectivity index (χ0) is 18.1. The van der Waals surface area contributed by atoms with Crippen LogP contribution in [0, 0.1) is 5.92 Å². The summed E-state index contributed by atoms with van der Waals surface area (Å²) in [5.41, 5.74) is 2.53. The minimum absolute atomic E-state index is 0.0295. The van der Waals surface area contributed by atoms with Crippen LogP contribution in [0.4, 0.5) is 5.69 Å². The molecule has 1 amide bonds. The number of nitrogens with zero attached hydrogens (tertiary/aromatic N) is 2. The average Bonchev–Trinajstić information content (AvgIpc) is 3.23. The van der Waals surface area contributed by atoms with Crippen molar-refractivity contribution in [1.29, 1.82) is 0 Å². The number of hydrazone groups is 1. The first-order valence-corrected chi connectivity index (χ1v) is 8.78. The van der Waals surface area contributed by atoms with Crippen LogP contribution in [0.5, 0.6) is 0 Å². The lowest BCUT2D eigenvalue weighted by atomic mass is 9.99. The van der Waals surface area contributed by atoms with Crippen molar-refractivity contribution in [2.24, 2.45) is 11.0 Å². The smallest absolute Gasteiger partial charge is 0.256 e. The van der Waals surface area contributed by atoms with Crippen molar-refractivity contribution in [3.05, 3.63) is 77.5 Å². The van der Waals surface area contributed by atoms with Crippen LogP contribution in [-0.2, 0) is 11.2 Å². The van der Waals surface area contributed by atoms with Gasteiger partial charge in [0.1, 0.15) is 11.5 Å². The van der Waals surface area contributed by atoms with Gasteiger partial charge >= 0.3 is 0 Å². The van der Waals surface area contributed by atoms with Crippen LogP contribution in [0.15, 0.2) is 76.2 Å². The number of carbonyl (C=O) groups is 1. The minimum atomic E-state index is -0.306. The molecule has 2 heterocycles. The molecule has 1 atom stereocenters. The molecule has 4 nitrogen and oxygen atoms in total. The molecule has 0 aliphatic carbocycles. The number of carbonyl (C=O) groups excluding carboxylic acids is 1. The van der Waals surface area contributed by atoms with Gasteiger partial charge in [-0.25, -0.2) is 5.01 Å². The van der Waals surface area contributed by atoms with Gasteiger partial charge in [-0.2, -0.15) is 5.10 Å². The SMILES string of the molecule is CC1=NN(c2ccccc2)C(=O)C1Cc1ccc(-c2ccc(Cl)cc2)o1. The number of para-hydroxylation sites is 1. The summed E-state index contributed by atoms with van der Waals surface area (Å²) in [7, 11) is 0. The molecular weight excluding hydrogens is 348 g/mol. The normalized spacial score (nSPS) is 16.8. The first-order valence-electron chi connectivity index (χ1n) is 8.40. The molecule has 0 bridgehead atoms. The van der Waals surface area contributed by atoms with E-state index in [4.69, 9.17) is 16.0 Å². The van der Waals surface area contributed by atoms with E-state index in [2.05, 4.69) is 5.10 Å². The molecule has 26 heavy (non-hydrogen) atoms. The third kappa shape index (κ3) is 3.16. The molecule has 1 aliphatic heterocycles. The van der Waals surface area contributed by atoms with Gasteiger partial charge in [0.25, 0.3) is 5.91 Å². The quantitative estimate of drug-likeness (QED) is 0.640. The Labute approximate surface area is 156 Å². The number of anilines is 1. The molecule has 2 aromatic carbocycles. The molecule has 130 valence electrons. The molecule has 3 aromatic rings. The summed E-state index contributed by atoms with van der Waals surface area (Å²) in [4.78, 5) is 12.8. The van der Waals surface area contributed by atoms with Crippen molar-refractivity contribution < 1.29 is 9.21 Å². The third-order valence-electron chi connectivity index (χ3n) is 4.47. The summed E-state index contributed by atoms with van der Waals surface area (Å²) >= 11 is 5.93. The van der Waals surface area contributed by atoms with Crippen LogP contribution in [0.25, 0.3) is 11.3 Å². The Kier molecular flexibility index (Phi) is 4.35. The van der Waals surface area contributed by atoms with Gasteiger partial charge in [0.2, 0.25) is 0 Å². The number of rotatable bonds is 4. The summed E-state index contributed by atoms with van der Waals surface area (Å²) in [6.07, 6.45) is 0.491. The van der Waals surface area contributed by atoms with Crippen LogP contribution in [0.2, 0.25) is 5.02 Å². The fourth-order valence-electron chi connectivity index (χ4n) is 3.05. The highest BCUT2D eigenvalue weighted by Crippen LogP contribution is 2.29. The molecule has 0 saturated carbocycles. The fraction of sp³-hybridized carbons (Fsp3) is 0.143. The highest BCUT2D eigenvalue weighted by Gasteiger charge is 2.35. The molecule has 1 aliphatic rings. The number of halogens is 1. The van der Waals surface area contributed by atoms with Crippen molar-refractivity contribution in [1.82, 2.24) is 0 Å². The van der Waals surface area contributed by atoms with Crippen molar-refractivity contribution in [2.75, 3.05) is 5.01 Å². The van der Waals surface area contributed by atoms with Crippen LogP contribution >= 0.6 is 11.6 Å². The van der Waals surface area contributed by atoms with Crippen LogP contribution < -0.4 is 5.01 Å². The van der Waals surface area contributed by atoms with Gasteiger partial charge in [0.15, 0.2) is 0 Å². The topological polar surface area (TPSA) is 45.8 Å². The highest BCUT2D eigenvalue weighted by molar-refractivity contribution is 6.30. The monoisotopic (exact) mass is 364 g/mol. The Morgan fingerprint density at radius 3 is 2.50 bits per heavy atom. The van der Waals surface area contributed by atoms with Gasteiger partial charge in [0.05, 0.1) is 11.6 Å². The van der Waals surface area contributed by atoms with Gasteiger partial charge in [-0.3, -0.25) is 4.79 Å². The molecule has 0 radical (unpaired) electrons. The molecule has 0 fully saturated rings. The molecule has 1 aromatic heterocycles. The zero-order valence-corrected chi connectivity index (χ0v) is 15.0. The predicted molar refractivity (Wildman–Crippen MR) is 103 cm³/mol. The maximum atomic E-state index is 12.8. The molecule has 0 saturated heterocycles. The third-order valence-corrected chi connectivity index (χ3v) is 4.72. The maximum Gasteiger partial charge on any atom is 0.256 e. The summed E-state index contributed by atoms with van der Waals surface area (Å²) in [5.74, 6) is 1.19. The second-order valence-electron chi connectivity index (χ2n) is 6.26. The van der Waals surface area contributed by atoms with E-state index in [1.807, 2.05) is 73.7 Å². The number of benzene rings is 2. The van der Waals surface area contributed by atoms with E-state index in [0.717, 1.165) is 28.5 Å². The lowest BCUT2D eigenvalue weighted by Gasteiger charge is -2.13. The highest BCUT2D eigenvalue weighted by atomic mass is 35.5. The lowest BCUT2D eigenvalue weighted by molar-refractivity contribution is -0.119. The minimum Gasteiger partial charge on any atom is -0.461 e. The first kappa shape index (κ1) is 16.6. The first-order chi connectivity index (χ1) is 12.6. The number of hydrogen-bond acceptors (Lipinski definition) is 3.